The largest absolute Gasteiger partial charge is 0.381 e. The second-order valence-corrected chi connectivity index (χ2v) is 5.34. The van der Waals surface area contributed by atoms with Crippen molar-refractivity contribution in [2.75, 3.05) is 46.9 Å². The Morgan fingerprint density at radius 3 is 2.53 bits per heavy atom. The first-order chi connectivity index (χ1) is 8.33. The van der Waals surface area contributed by atoms with E-state index >= 15 is 0 Å². The Balaban J connectivity index is 1.91. The smallest absolute Gasteiger partial charge is 0.0469 e. The molecule has 0 aromatic heterocycles. The lowest BCUT2D eigenvalue weighted by Crippen LogP contribution is -2.30. The summed E-state index contributed by atoms with van der Waals surface area (Å²) in [4.78, 5) is 2.51. The molecule has 0 aromatic carbocycles. The highest BCUT2D eigenvalue weighted by molar-refractivity contribution is 4.67. The van der Waals surface area contributed by atoms with E-state index in [9.17, 15) is 0 Å². The highest BCUT2D eigenvalue weighted by Crippen LogP contribution is 2.15. The lowest BCUT2D eigenvalue weighted by Gasteiger charge is -2.27. The highest BCUT2D eigenvalue weighted by atomic mass is 16.5. The second-order valence-electron chi connectivity index (χ2n) is 5.34. The maximum absolute atomic E-state index is 5.39. The molecular weight excluding hydrogens is 212 g/mol. The van der Waals surface area contributed by atoms with Gasteiger partial charge in [-0.25, -0.2) is 0 Å². The molecule has 102 valence electrons. The van der Waals surface area contributed by atoms with Crippen LogP contribution in [-0.2, 0) is 4.74 Å². The van der Waals surface area contributed by atoms with Crippen molar-refractivity contribution in [1.29, 1.82) is 0 Å². The Hall–Kier alpha value is -0.120. The molecule has 1 aliphatic heterocycles. The van der Waals surface area contributed by atoms with Crippen LogP contribution in [-0.4, -0.2) is 51.8 Å². The standard InChI is InChI=1S/C14H30N2O/c1-15-9-5-3-4-6-10-16(2)13-14-7-11-17-12-8-14/h14-15H,3-13H2,1-2H3. The minimum absolute atomic E-state index is 0.873. The molecule has 0 radical (unpaired) electrons. The van der Waals surface area contributed by atoms with Gasteiger partial charge in [0.1, 0.15) is 0 Å². The third-order valence-corrected chi connectivity index (χ3v) is 3.63. The van der Waals surface area contributed by atoms with Gasteiger partial charge in [0.15, 0.2) is 0 Å². The molecule has 0 atom stereocenters. The van der Waals surface area contributed by atoms with Gasteiger partial charge in [-0.1, -0.05) is 12.8 Å². The Labute approximate surface area is 107 Å². The van der Waals surface area contributed by atoms with Crippen molar-refractivity contribution < 1.29 is 4.74 Å². The zero-order valence-electron chi connectivity index (χ0n) is 11.7. The first-order valence-electron chi connectivity index (χ1n) is 7.24. The average molecular weight is 242 g/mol. The summed E-state index contributed by atoms with van der Waals surface area (Å²) in [7, 11) is 4.30. The van der Waals surface area contributed by atoms with Crippen molar-refractivity contribution in [3.63, 3.8) is 0 Å². The molecule has 17 heavy (non-hydrogen) atoms. The molecule has 1 saturated heterocycles. The number of ether oxygens (including phenoxy) is 1. The summed E-state index contributed by atoms with van der Waals surface area (Å²) in [5.74, 6) is 0.873. The van der Waals surface area contributed by atoms with E-state index in [1.165, 1.54) is 51.6 Å². The summed E-state index contributed by atoms with van der Waals surface area (Å²) in [6, 6.07) is 0. The average Bonchev–Trinajstić information content (AvgIpc) is 2.35. The summed E-state index contributed by atoms with van der Waals surface area (Å²) in [6.45, 7) is 5.64. The number of nitrogens with zero attached hydrogens (tertiary/aromatic N) is 1. The maximum Gasteiger partial charge on any atom is 0.0469 e. The van der Waals surface area contributed by atoms with Crippen molar-refractivity contribution in [3.8, 4) is 0 Å². The van der Waals surface area contributed by atoms with E-state index in [1.807, 2.05) is 7.05 Å². The summed E-state index contributed by atoms with van der Waals surface area (Å²) in [5, 5.41) is 3.20. The summed E-state index contributed by atoms with van der Waals surface area (Å²) >= 11 is 0. The fourth-order valence-corrected chi connectivity index (χ4v) is 2.50. The van der Waals surface area contributed by atoms with Gasteiger partial charge in [0.05, 0.1) is 0 Å². The molecule has 0 saturated carbocycles. The normalized spacial score (nSPS) is 17.8. The molecule has 0 amide bonds. The van der Waals surface area contributed by atoms with E-state index in [2.05, 4.69) is 17.3 Å². The van der Waals surface area contributed by atoms with Crippen LogP contribution in [0, 0.1) is 5.92 Å². The Morgan fingerprint density at radius 2 is 1.82 bits per heavy atom. The van der Waals surface area contributed by atoms with E-state index in [-0.39, 0.29) is 0 Å². The number of nitrogens with one attached hydrogen (secondary N) is 1. The van der Waals surface area contributed by atoms with Crippen molar-refractivity contribution in [2.24, 2.45) is 5.92 Å². The van der Waals surface area contributed by atoms with E-state index in [4.69, 9.17) is 4.74 Å². The summed E-state index contributed by atoms with van der Waals surface area (Å²) in [6.07, 6.45) is 7.92. The van der Waals surface area contributed by atoms with Crippen LogP contribution in [0.4, 0.5) is 0 Å². The molecule has 0 spiro atoms. The van der Waals surface area contributed by atoms with Gasteiger partial charge in [0, 0.05) is 19.8 Å². The van der Waals surface area contributed by atoms with E-state index in [1.54, 1.807) is 0 Å². The van der Waals surface area contributed by atoms with Crippen molar-refractivity contribution in [3.05, 3.63) is 0 Å². The fourth-order valence-electron chi connectivity index (χ4n) is 2.50. The number of unbranched alkanes of at least 4 members (excludes halogenated alkanes) is 3. The lowest BCUT2D eigenvalue weighted by atomic mass is 10.00. The molecule has 3 nitrogen and oxygen atoms in total. The van der Waals surface area contributed by atoms with Gasteiger partial charge in [0.2, 0.25) is 0 Å². The van der Waals surface area contributed by atoms with Crippen molar-refractivity contribution in [1.82, 2.24) is 10.2 Å². The molecule has 1 rings (SSSR count). The molecule has 0 aromatic rings. The van der Waals surface area contributed by atoms with Crippen LogP contribution in [0.25, 0.3) is 0 Å². The molecule has 0 unspecified atom stereocenters. The van der Waals surface area contributed by atoms with Crippen LogP contribution >= 0.6 is 0 Å². The Morgan fingerprint density at radius 1 is 1.12 bits per heavy atom. The topological polar surface area (TPSA) is 24.5 Å². The zero-order valence-corrected chi connectivity index (χ0v) is 11.7. The number of rotatable bonds is 9. The van der Waals surface area contributed by atoms with Crippen LogP contribution in [0.1, 0.15) is 38.5 Å². The zero-order chi connectivity index (χ0) is 12.3. The third-order valence-electron chi connectivity index (χ3n) is 3.63. The van der Waals surface area contributed by atoms with E-state index in [0.717, 1.165) is 25.7 Å². The monoisotopic (exact) mass is 242 g/mol. The Bertz CT molecular complexity index is 170. The first kappa shape index (κ1) is 14.9. The molecule has 1 aliphatic rings. The predicted molar refractivity (Wildman–Crippen MR) is 73.4 cm³/mol. The van der Waals surface area contributed by atoms with Crippen LogP contribution in [0.5, 0.6) is 0 Å². The maximum atomic E-state index is 5.39. The second kappa shape index (κ2) is 9.86. The van der Waals surface area contributed by atoms with Gasteiger partial charge < -0.3 is 15.0 Å². The van der Waals surface area contributed by atoms with E-state index in [0.29, 0.717) is 0 Å². The molecule has 1 fully saturated rings. The van der Waals surface area contributed by atoms with Gasteiger partial charge in [0.25, 0.3) is 0 Å². The van der Waals surface area contributed by atoms with Crippen LogP contribution in [0.15, 0.2) is 0 Å². The molecule has 0 aliphatic carbocycles. The fraction of sp³-hybridized carbons (Fsp3) is 1.00. The van der Waals surface area contributed by atoms with Crippen molar-refractivity contribution in [2.45, 2.75) is 38.5 Å². The van der Waals surface area contributed by atoms with Crippen LogP contribution < -0.4 is 5.32 Å². The molecule has 1 N–H and O–H groups in total. The van der Waals surface area contributed by atoms with Gasteiger partial charge in [-0.05, 0) is 58.8 Å². The first-order valence-corrected chi connectivity index (χ1v) is 7.24. The summed E-state index contributed by atoms with van der Waals surface area (Å²) in [5.41, 5.74) is 0. The molecule has 3 heteroatoms. The summed E-state index contributed by atoms with van der Waals surface area (Å²) < 4.78 is 5.39. The third kappa shape index (κ3) is 7.74. The molecular formula is C14H30N2O. The molecule has 0 bridgehead atoms. The highest BCUT2D eigenvalue weighted by Gasteiger charge is 2.15. The van der Waals surface area contributed by atoms with Gasteiger partial charge in [-0.2, -0.15) is 0 Å². The quantitative estimate of drug-likeness (QED) is 0.627. The minimum atomic E-state index is 0.873. The van der Waals surface area contributed by atoms with Gasteiger partial charge in [-0.15, -0.1) is 0 Å². The minimum Gasteiger partial charge on any atom is -0.381 e. The molecule has 1 heterocycles. The lowest BCUT2D eigenvalue weighted by molar-refractivity contribution is 0.0556. The van der Waals surface area contributed by atoms with Gasteiger partial charge >= 0.3 is 0 Å². The predicted octanol–water partition coefficient (Wildman–Crippen LogP) is 2.12. The van der Waals surface area contributed by atoms with Gasteiger partial charge in [-0.3, -0.25) is 0 Å². The van der Waals surface area contributed by atoms with Crippen LogP contribution in [0.3, 0.4) is 0 Å². The van der Waals surface area contributed by atoms with Crippen molar-refractivity contribution >= 4 is 0 Å². The Kier molecular flexibility index (Phi) is 8.67. The van der Waals surface area contributed by atoms with E-state index < -0.39 is 0 Å². The number of hydrogen-bond acceptors (Lipinski definition) is 3. The number of hydrogen-bond donors (Lipinski definition) is 1. The SMILES string of the molecule is CNCCCCCCN(C)CC1CCOCC1. The van der Waals surface area contributed by atoms with Crippen LogP contribution in [0.2, 0.25) is 0 Å².